The van der Waals surface area contributed by atoms with E-state index in [-0.39, 0.29) is 42.6 Å². The summed E-state index contributed by atoms with van der Waals surface area (Å²) in [5, 5.41) is 182. The van der Waals surface area contributed by atoms with Crippen LogP contribution in [0.15, 0.2) is 54.6 Å². The fourth-order valence-corrected chi connectivity index (χ4v) is 12.3. The van der Waals surface area contributed by atoms with E-state index >= 15 is 14.4 Å². The van der Waals surface area contributed by atoms with Crippen LogP contribution in [-0.2, 0) is 63.7 Å². The maximum absolute atomic E-state index is 15.2. The van der Waals surface area contributed by atoms with Gasteiger partial charge in [0, 0.05) is 31.8 Å². The molecule has 8 rings (SSSR count). The zero-order valence-electron chi connectivity index (χ0n) is 53.3. The molecule has 38 heteroatoms. The number of guanidine groups is 2. The number of hydrogen-bond donors (Lipinski definition) is 24. The van der Waals surface area contributed by atoms with E-state index in [0.717, 1.165) is 4.90 Å². The quantitative estimate of drug-likeness (QED) is 0.0516. The van der Waals surface area contributed by atoms with E-state index in [9.17, 15) is 85.6 Å². The first-order valence-electron chi connectivity index (χ1n) is 31.8. The summed E-state index contributed by atoms with van der Waals surface area (Å²) >= 11 is 0. The molecule has 0 bridgehead atoms. The van der Waals surface area contributed by atoms with E-state index < -0.39 is 246 Å². The summed E-state index contributed by atoms with van der Waals surface area (Å²) < 4.78 is 34.1. The van der Waals surface area contributed by atoms with Crippen molar-refractivity contribution < 1.29 is 128 Å². The standard InChI is InChI=1S/C60H88N12O26/c1-4-27(25-8-6-5-7-9-25)37-53(90)66-28(15-24-10-12-26(13-11-24)93-57-47(86)45(84)50(34(22-76)95-57)98-58-48(87)44(83)49(33(21-75)96-58)97-36(78)14-23(2)3)52(89)70-38(40(79)29-16-64-59(61)68-29)55(92)71-39(54(91)67-30(19-73)51(88)63-18-35(77)69-37)41(80)31-17-65-60(62)72(31)56-46(85)43(82)42(81)32(20-74)94-56/h5-13,23,27-34,37-50,56-58,73-76,79-87H,4,14-22H2,1-3H3,(H2,62,65)(H,63,88)(H,66,90)(H,67,91)(H,69,77)(H,70,89)(H,71,92)(H3,61,64,68). The van der Waals surface area contributed by atoms with Gasteiger partial charge in [0.25, 0.3) is 0 Å². The summed E-state index contributed by atoms with van der Waals surface area (Å²) in [7, 11) is 0. The molecule has 544 valence electrons. The predicted octanol–water partition coefficient (Wildman–Crippen LogP) is -11.2. The highest BCUT2D eigenvalue weighted by Gasteiger charge is 2.55. The van der Waals surface area contributed by atoms with Crippen LogP contribution in [0.25, 0.3) is 0 Å². The summed E-state index contributed by atoms with van der Waals surface area (Å²) in [5.41, 5.74) is 0.728. The Balaban J connectivity index is 1.09. The Kier molecular flexibility index (Phi) is 26.4. The number of aliphatic hydroxyl groups is 13. The van der Waals surface area contributed by atoms with Gasteiger partial charge in [0.2, 0.25) is 41.7 Å². The van der Waals surface area contributed by atoms with Gasteiger partial charge in [-0.1, -0.05) is 63.2 Å². The number of carbonyl (C=O) groups is 7. The lowest BCUT2D eigenvalue weighted by atomic mass is 9.88. The molecule has 6 aliphatic heterocycles. The van der Waals surface area contributed by atoms with Crippen molar-refractivity contribution in [1.29, 1.82) is 10.8 Å². The minimum atomic E-state index is -2.37. The van der Waals surface area contributed by atoms with Crippen molar-refractivity contribution in [3.63, 3.8) is 0 Å². The Hall–Kier alpha value is -7.61. The van der Waals surface area contributed by atoms with Gasteiger partial charge in [0.15, 0.2) is 30.5 Å². The van der Waals surface area contributed by atoms with Gasteiger partial charge >= 0.3 is 5.97 Å². The number of nitrogens with zero attached hydrogens (tertiary/aromatic N) is 1. The molecule has 0 spiro atoms. The van der Waals surface area contributed by atoms with Crippen LogP contribution in [0.4, 0.5) is 0 Å². The van der Waals surface area contributed by atoms with Crippen molar-refractivity contribution in [2.75, 3.05) is 46.1 Å². The number of esters is 1. The van der Waals surface area contributed by atoms with Crippen molar-refractivity contribution in [2.45, 2.75) is 193 Å². The summed E-state index contributed by atoms with van der Waals surface area (Å²) in [5.74, 6) is -10.2. The first kappa shape index (κ1) is 76.1. The highest BCUT2D eigenvalue weighted by Crippen LogP contribution is 2.33. The number of hydrogen-bond acceptors (Lipinski definition) is 28. The second-order valence-corrected chi connectivity index (χ2v) is 24.9. The zero-order chi connectivity index (χ0) is 71.6. The Morgan fingerprint density at radius 3 is 1.81 bits per heavy atom. The van der Waals surface area contributed by atoms with Gasteiger partial charge in [-0.25, -0.2) is 0 Å². The number of aliphatic hydroxyl groups excluding tert-OH is 13. The number of carbonyl (C=O) groups excluding carboxylic acids is 7. The van der Waals surface area contributed by atoms with Gasteiger partial charge in [-0.15, -0.1) is 0 Å². The number of amides is 6. The lowest BCUT2D eigenvalue weighted by Gasteiger charge is -2.46. The van der Waals surface area contributed by atoms with Crippen LogP contribution < -0.4 is 52.6 Å². The molecular weight excluding hydrogens is 1300 g/mol. The maximum Gasteiger partial charge on any atom is 0.306 e. The van der Waals surface area contributed by atoms with Crippen molar-refractivity contribution in [2.24, 2.45) is 5.92 Å². The zero-order valence-corrected chi connectivity index (χ0v) is 53.3. The summed E-state index contributed by atoms with van der Waals surface area (Å²) in [6, 6.07) is 0.795. The molecule has 2 aromatic carbocycles. The molecule has 2 aromatic rings. The molecule has 24 N–H and O–H groups in total. The van der Waals surface area contributed by atoms with E-state index in [4.69, 9.17) is 39.2 Å². The van der Waals surface area contributed by atoms with E-state index in [1.165, 1.54) is 24.3 Å². The second kappa shape index (κ2) is 34.0. The Morgan fingerprint density at radius 2 is 1.18 bits per heavy atom. The Morgan fingerprint density at radius 1 is 0.592 bits per heavy atom. The number of ether oxygens (including phenoxy) is 6. The molecule has 38 nitrogen and oxygen atoms in total. The van der Waals surface area contributed by atoms with Crippen molar-refractivity contribution in [3.8, 4) is 5.75 Å². The van der Waals surface area contributed by atoms with Crippen LogP contribution in [0, 0.1) is 16.7 Å². The van der Waals surface area contributed by atoms with E-state index in [1.807, 2.05) is 0 Å². The molecule has 0 aliphatic carbocycles. The van der Waals surface area contributed by atoms with Crippen LogP contribution in [-0.4, -0.2) is 317 Å². The minimum Gasteiger partial charge on any atom is -0.462 e. The highest BCUT2D eigenvalue weighted by atomic mass is 16.7. The van der Waals surface area contributed by atoms with Gasteiger partial charge in [-0.3, -0.25) is 44.4 Å². The molecule has 6 aliphatic rings. The van der Waals surface area contributed by atoms with Gasteiger partial charge < -0.3 is 148 Å². The molecule has 0 saturated carbocycles. The predicted molar refractivity (Wildman–Crippen MR) is 330 cm³/mol. The molecule has 6 heterocycles. The lowest BCUT2D eigenvalue weighted by molar-refractivity contribution is -0.353. The molecular formula is C60H88N12O26. The molecule has 6 fully saturated rings. The van der Waals surface area contributed by atoms with Crippen LogP contribution >= 0.6 is 0 Å². The van der Waals surface area contributed by atoms with Crippen molar-refractivity contribution in [3.05, 3.63) is 65.7 Å². The third-order valence-corrected chi connectivity index (χ3v) is 17.6. The fraction of sp³-hybridized carbons (Fsp3) is 0.650. The SMILES string of the molecule is CCC(c1ccccc1)C1NC(=O)CNC(=O)C(CO)NC(=O)C(C(O)C2CNC(=N)N2C2OC(CO)C(O)C(O)C2O)NC(=O)C(C(O)C2CNC(=N)N2)NC(=O)C(Cc2ccc(OC3OC(CO)C(OC4OC(CO)C(OC(=O)CC(C)C)C(O)C4O)C(O)C3O)cc2)NC1=O. The summed E-state index contributed by atoms with van der Waals surface area (Å²) in [6.45, 7) is -0.324. The van der Waals surface area contributed by atoms with Gasteiger partial charge in [0.05, 0.1) is 45.1 Å². The van der Waals surface area contributed by atoms with E-state index in [1.54, 1.807) is 51.1 Å². The Labute approximate surface area is 559 Å². The van der Waals surface area contributed by atoms with Crippen molar-refractivity contribution >= 4 is 53.3 Å². The molecule has 0 aromatic heterocycles. The summed E-state index contributed by atoms with van der Waals surface area (Å²) in [6.07, 6.45) is -31.9. The number of nitrogens with one attached hydrogen (secondary N) is 11. The van der Waals surface area contributed by atoms with Crippen LogP contribution in [0.3, 0.4) is 0 Å². The number of benzene rings is 2. The third kappa shape index (κ3) is 17.7. The minimum absolute atomic E-state index is 0.0614. The first-order chi connectivity index (χ1) is 46.6. The molecule has 6 amide bonds. The van der Waals surface area contributed by atoms with Crippen LogP contribution in [0.2, 0.25) is 0 Å². The molecule has 25 atom stereocenters. The molecule has 98 heavy (non-hydrogen) atoms. The largest absolute Gasteiger partial charge is 0.462 e. The fourth-order valence-electron chi connectivity index (χ4n) is 12.3. The summed E-state index contributed by atoms with van der Waals surface area (Å²) in [4.78, 5) is 101. The van der Waals surface area contributed by atoms with Crippen molar-refractivity contribution in [1.82, 2.24) is 52.8 Å². The lowest BCUT2D eigenvalue weighted by Crippen LogP contribution is -2.69. The maximum atomic E-state index is 15.2. The van der Waals surface area contributed by atoms with Crippen LogP contribution in [0.1, 0.15) is 50.7 Å². The van der Waals surface area contributed by atoms with Crippen LogP contribution in [0.5, 0.6) is 5.75 Å². The smallest absolute Gasteiger partial charge is 0.306 e. The van der Waals surface area contributed by atoms with Gasteiger partial charge in [-0.05, 0) is 35.6 Å². The average molecular weight is 1390 g/mol. The average Bonchev–Trinajstić information content (AvgIpc) is 1.50. The van der Waals surface area contributed by atoms with Gasteiger partial charge in [0.1, 0.15) is 115 Å². The van der Waals surface area contributed by atoms with Gasteiger partial charge in [-0.2, -0.15) is 0 Å². The molecule has 25 unspecified atom stereocenters. The normalized spacial score (nSPS) is 35.7. The second-order valence-electron chi connectivity index (χ2n) is 24.9. The number of rotatable bonds is 21. The highest BCUT2D eigenvalue weighted by molar-refractivity contribution is 5.98. The van der Waals surface area contributed by atoms with E-state index in [2.05, 4.69) is 47.9 Å². The first-order valence-corrected chi connectivity index (χ1v) is 31.8. The molecule has 6 saturated heterocycles. The Bertz CT molecular complexity index is 3090. The topological polar surface area (TPSA) is 597 Å². The van der Waals surface area contributed by atoms with E-state index in [0.29, 0.717) is 5.56 Å². The molecule has 0 radical (unpaired) electrons. The monoisotopic (exact) mass is 1390 g/mol. The third-order valence-electron chi connectivity index (χ3n) is 17.6.